The van der Waals surface area contributed by atoms with Gasteiger partial charge in [-0.25, -0.2) is 0 Å². The average Bonchev–Trinajstić information content (AvgIpc) is 3.58. The Morgan fingerprint density at radius 1 is 1.35 bits per heavy atom. The average molecular weight is 349 g/mol. The van der Waals surface area contributed by atoms with Gasteiger partial charge in [-0.2, -0.15) is 15.2 Å². The van der Waals surface area contributed by atoms with Crippen molar-refractivity contribution in [2.24, 2.45) is 10.2 Å². The fourth-order valence-electron chi connectivity index (χ4n) is 2.79. The van der Waals surface area contributed by atoms with E-state index in [2.05, 4.69) is 31.6 Å². The zero-order valence-electron chi connectivity index (χ0n) is 14.3. The Kier molecular flexibility index (Phi) is 4.25. The van der Waals surface area contributed by atoms with Crippen LogP contribution in [-0.4, -0.2) is 21.7 Å². The second-order valence-electron chi connectivity index (χ2n) is 6.75. The number of rotatable bonds is 8. The van der Waals surface area contributed by atoms with E-state index in [4.69, 9.17) is 10.9 Å². The van der Waals surface area contributed by atoms with Crippen molar-refractivity contribution < 1.29 is 9.32 Å². The maximum atomic E-state index is 12.2. The predicted octanol–water partition coefficient (Wildman–Crippen LogP) is 3.91. The van der Waals surface area contributed by atoms with Crippen LogP contribution >= 0.6 is 0 Å². The molecule has 1 saturated carbocycles. The molecule has 132 valence electrons. The quantitative estimate of drug-likeness (QED) is 0.731. The van der Waals surface area contributed by atoms with Crippen molar-refractivity contribution >= 4 is 11.6 Å². The number of amides is 1. The van der Waals surface area contributed by atoms with E-state index in [-0.39, 0.29) is 5.91 Å². The first kappa shape index (κ1) is 16.5. The maximum absolute atomic E-state index is 12.2. The lowest BCUT2D eigenvalue weighted by Gasteiger charge is -2.09. The van der Waals surface area contributed by atoms with E-state index in [0.717, 1.165) is 18.4 Å². The monoisotopic (exact) mass is 349 g/mol. The Hall–Kier alpha value is -3.01. The van der Waals surface area contributed by atoms with Gasteiger partial charge in [0.05, 0.1) is 0 Å². The van der Waals surface area contributed by atoms with Gasteiger partial charge in [-0.15, -0.1) is 12.3 Å². The minimum atomic E-state index is -0.435. The van der Waals surface area contributed by atoms with E-state index in [1.54, 1.807) is 0 Å². The summed E-state index contributed by atoms with van der Waals surface area (Å²) in [7, 11) is 0. The largest absolute Gasteiger partial charge is 0.339 e. The highest BCUT2D eigenvalue weighted by Crippen LogP contribution is 2.40. The number of hydrogen-bond donors (Lipinski definition) is 1. The maximum Gasteiger partial charge on any atom is 0.230 e. The van der Waals surface area contributed by atoms with Gasteiger partial charge in [-0.05, 0) is 25.0 Å². The molecule has 1 aliphatic heterocycles. The lowest BCUT2D eigenvalue weighted by Crippen LogP contribution is -2.17. The van der Waals surface area contributed by atoms with Crippen LogP contribution in [-0.2, 0) is 4.79 Å². The molecule has 7 heteroatoms. The number of terminal acetylenes is 1. The second-order valence-corrected chi connectivity index (χ2v) is 6.75. The van der Waals surface area contributed by atoms with Crippen molar-refractivity contribution in [3.63, 3.8) is 0 Å². The van der Waals surface area contributed by atoms with E-state index >= 15 is 0 Å². The van der Waals surface area contributed by atoms with Gasteiger partial charge in [0, 0.05) is 42.9 Å². The molecule has 0 radical (unpaired) electrons. The van der Waals surface area contributed by atoms with E-state index in [0.29, 0.717) is 49.0 Å². The number of carbonyl (C=O) groups is 1. The Morgan fingerprint density at radius 2 is 2.19 bits per heavy atom. The molecule has 1 fully saturated rings. The molecule has 2 aliphatic rings. The first-order chi connectivity index (χ1) is 12.7. The summed E-state index contributed by atoms with van der Waals surface area (Å²) in [4.78, 5) is 16.7. The van der Waals surface area contributed by atoms with Gasteiger partial charge in [-0.3, -0.25) is 4.79 Å². The molecule has 2 aromatic rings. The SMILES string of the molecule is C#CCCC1(CCC(=O)Nc2cccc(-c3noc(C4CC4)n3)c2)N=N1. The molecule has 0 bridgehead atoms. The predicted molar refractivity (Wildman–Crippen MR) is 95.2 cm³/mol. The summed E-state index contributed by atoms with van der Waals surface area (Å²) in [6.45, 7) is 0. The van der Waals surface area contributed by atoms with Crippen LogP contribution in [0, 0.1) is 12.3 Å². The standard InChI is InChI=1S/C19H19N5O2/c1-2-3-10-19(23-24-19)11-9-16(25)20-15-6-4-5-14(12-15)17-21-18(26-22-17)13-7-8-13/h1,4-6,12-13H,3,7-11H2,(H,20,25). The summed E-state index contributed by atoms with van der Waals surface area (Å²) in [5.74, 6) is 4.17. The van der Waals surface area contributed by atoms with E-state index in [9.17, 15) is 4.79 Å². The Bertz CT molecular complexity index is 885. The van der Waals surface area contributed by atoms with Crippen molar-refractivity contribution in [3.8, 4) is 23.7 Å². The van der Waals surface area contributed by atoms with E-state index in [1.165, 1.54) is 0 Å². The molecule has 0 saturated heterocycles. The Balaban J connectivity index is 1.34. The molecule has 1 amide bonds. The first-order valence-corrected chi connectivity index (χ1v) is 8.79. The van der Waals surface area contributed by atoms with Crippen LogP contribution in [0.4, 0.5) is 5.69 Å². The molecule has 0 spiro atoms. The van der Waals surface area contributed by atoms with Crippen LogP contribution in [0.1, 0.15) is 50.3 Å². The highest BCUT2D eigenvalue weighted by Gasteiger charge is 2.39. The summed E-state index contributed by atoms with van der Waals surface area (Å²) < 4.78 is 5.30. The number of anilines is 1. The number of benzene rings is 1. The van der Waals surface area contributed by atoms with Crippen molar-refractivity contribution in [3.05, 3.63) is 30.2 Å². The normalized spacial score (nSPS) is 16.9. The van der Waals surface area contributed by atoms with Crippen LogP contribution < -0.4 is 5.32 Å². The summed E-state index contributed by atoms with van der Waals surface area (Å²) in [6, 6.07) is 7.44. The van der Waals surface area contributed by atoms with Gasteiger partial charge in [-0.1, -0.05) is 17.3 Å². The topological polar surface area (TPSA) is 92.7 Å². The minimum absolute atomic E-state index is 0.0775. The van der Waals surface area contributed by atoms with Gasteiger partial charge in [0.1, 0.15) is 0 Å². The summed E-state index contributed by atoms with van der Waals surface area (Å²) in [6.07, 6.45) is 9.74. The zero-order chi connectivity index (χ0) is 18.0. The number of carbonyl (C=O) groups excluding carboxylic acids is 1. The fourth-order valence-corrected chi connectivity index (χ4v) is 2.79. The van der Waals surface area contributed by atoms with Crippen molar-refractivity contribution in [1.82, 2.24) is 10.1 Å². The van der Waals surface area contributed by atoms with E-state index < -0.39 is 5.66 Å². The first-order valence-electron chi connectivity index (χ1n) is 8.79. The van der Waals surface area contributed by atoms with Crippen LogP contribution in [0.25, 0.3) is 11.4 Å². The summed E-state index contributed by atoms with van der Waals surface area (Å²) in [5, 5.41) is 15.0. The van der Waals surface area contributed by atoms with Gasteiger partial charge in [0.25, 0.3) is 0 Å². The highest BCUT2D eigenvalue weighted by molar-refractivity contribution is 5.91. The van der Waals surface area contributed by atoms with Crippen molar-refractivity contribution in [2.45, 2.75) is 50.1 Å². The van der Waals surface area contributed by atoms with Gasteiger partial charge in [0.2, 0.25) is 17.6 Å². The molecular formula is C19H19N5O2. The highest BCUT2D eigenvalue weighted by atomic mass is 16.5. The third-order valence-electron chi connectivity index (χ3n) is 4.58. The van der Waals surface area contributed by atoms with Crippen molar-refractivity contribution in [1.29, 1.82) is 0 Å². The molecule has 26 heavy (non-hydrogen) atoms. The molecule has 0 unspecified atom stereocenters. The summed E-state index contributed by atoms with van der Waals surface area (Å²) >= 11 is 0. The van der Waals surface area contributed by atoms with Gasteiger partial charge in [0.15, 0.2) is 5.66 Å². The van der Waals surface area contributed by atoms with Crippen LogP contribution in [0.5, 0.6) is 0 Å². The second kappa shape index (κ2) is 6.71. The molecule has 4 rings (SSSR count). The van der Waals surface area contributed by atoms with Crippen molar-refractivity contribution in [2.75, 3.05) is 5.32 Å². The number of aromatic nitrogens is 2. The molecule has 0 atom stereocenters. The molecular weight excluding hydrogens is 330 g/mol. The molecule has 1 aromatic carbocycles. The molecule has 1 aromatic heterocycles. The summed E-state index contributed by atoms with van der Waals surface area (Å²) in [5.41, 5.74) is 1.08. The Morgan fingerprint density at radius 3 is 2.92 bits per heavy atom. The Labute approximate surface area is 151 Å². The van der Waals surface area contributed by atoms with Crippen LogP contribution in [0.3, 0.4) is 0 Å². The van der Waals surface area contributed by atoms with Gasteiger partial charge >= 0.3 is 0 Å². The minimum Gasteiger partial charge on any atom is -0.339 e. The van der Waals surface area contributed by atoms with Crippen LogP contribution in [0.2, 0.25) is 0 Å². The fraction of sp³-hybridized carbons (Fsp3) is 0.421. The molecule has 2 heterocycles. The zero-order valence-corrected chi connectivity index (χ0v) is 14.3. The third kappa shape index (κ3) is 3.80. The smallest absolute Gasteiger partial charge is 0.230 e. The van der Waals surface area contributed by atoms with E-state index in [1.807, 2.05) is 24.3 Å². The third-order valence-corrected chi connectivity index (χ3v) is 4.58. The van der Waals surface area contributed by atoms with Gasteiger partial charge < -0.3 is 9.84 Å². The number of nitrogens with zero attached hydrogens (tertiary/aromatic N) is 4. The van der Waals surface area contributed by atoms with Crippen LogP contribution in [0.15, 0.2) is 39.0 Å². The molecule has 1 aliphatic carbocycles. The number of hydrogen-bond acceptors (Lipinski definition) is 6. The number of nitrogens with one attached hydrogen (secondary N) is 1. The molecule has 7 nitrogen and oxygen atoms in total. The lowest BCUT2D eigenvalue weighted by atomic mass is 10.0. The molecule has 1 N–H and O–H groups in total. The lowest BCUT2D eigenvalue weighted by molar-refractivity contribution is -0.116.